The molecule has 0 aromatic rings. The van der Waals surface area contributed by atoms with E-state index in [0.717, 1.165) is 5.71 Å². The molecule has 0 atom stereocenters. The Labute approximate surface area is 78.9 Å². The van der Waals surface area contributed by atoms with Crippen LogP contribution < -0.4 is 11.1 Å². The first-order chi connectivity index (χ1) is 6.06. The van der Waals surface area contributed by atoms with Crippen LogP contribution in [-0.4, -0.2) is 24.0 Å². The summed E-state index contributed by atoms with van der Waals surface area (Å²) in [6.07, 6.45) is 1.63. The van der Waals surface area contributed by atoms with E-state index in [-0.39, 0.29) is 6.61 Å². The Balaban J connectivity index is 4.07. The zero-order valence-corrected chi connectivity index (χ0v) is 8.17. The third kappa shape index (κ3) is 7.08. The van der Waals surface area contributed by atoms with Gasteiger partial charge in [0, 0.05) is 24.0 Å². The minimum atomic E-state index is 0.0723. The fourth-order valence-electron chi connectivity index (χ4n) is 0.736. The van der Waals surface area contributed by atoms with Gasteiger partial charge in [-0.25, -0.2) is 4.99 Å². The highest BCUT2D eigenvalue weighted by atomic mass is 16.3. The molecule has 4 heteroatoms. The Morgan fingerprint density at radius 3 is 2.69 bits per heavy atom. The number of aliphatic imine (C=N–C) groups is 1. The van der Waals surface area contributed by atoms with Crippen molar-refractivity contribution >= 4 is 5.71 Å². The summed E-state index contributed by atoms with van der Waals surface area (Å²) in [5.41, 5.74) is 7.10. The molecule has 0 aliphatic carbocycles. The van der Waals surface area contributed by atoms with Gasteiger partial charge in [0.25, 0.3) is 0 Å². The van der Waals surface area contributed by atoms with E-state index < -0.39 is 0 Å². The summed E-state index contributed by atoms with van der Waals surface area (Å²) in [7, 11) is 0. The molecule has 13 heavy (non-hydrogen) atoms. The molecule has 0 spiro atoms. The molecule has 0 amide bonds. The lowest BCUT2D eigenvalue weighted by Gasteiger charge is -2.03. The quantitative estimate of drug-likeness (QED) is 0.426. The van der Waals surface area contributed by atoms with E-state index in [1.807, 2.05) is 13.8 Å². The summed E-state index contributed by atoms with van der Waals surface area (Å²) in [5.74, 6) is 0.412. The normalized spacial score (nSPS) is 10.8. The molecule has 0 aliphatic rings. The van der Waals surface area contributed by atoms with Crippen molar-refractivity contribution in [2.75, 3.05) is 13.2 Å². The number of rotatable bonds is 5. The summed E-state index contributed by atoms with van der Waals surface area (Å²) >= 11 is 0. The lowest BCUT2D eigenvalue weighted by Crippen LogP contribution is -2.16. The van der Waals surface area contributed by atoms with Gasteiger partial charge in [0.2, 0.25) is 0 Å². The van der Waals surface area contributed by atoms with Crippen LogP contribution in [0.25, 0.3) is 0 Å². The van der Waals surface area contributed by atoms with Gasteiger partial charge in [-0.2, -0.15) is 0 Å². The smallest absolute Gasteiger partial charge is 0.125 e. The molecule has 0 radical (unpaired) electrons. The molecule has 4 N–H and O–H groups in total. The van der Waals surface area contributed by atoms with Crippen molar-refractivity contribution in [3.63, 3.8) is 0 Å². The monoisotopic (exact) mass is 183 g/mol. The molecule has 0 saturated heterocycles. The van der Waals surface area contributed by atoms with Gasteiger partial charge < -0.3 is 16.2 Å². The van der Waals surface area contributed by atoms with Crippen LogP contribution in [0.15, 0.2) is 29.2 Å². The molecule has 0 fully saturated rings. The molecule has 4 nitrogen and oxygen atoms in total. The molecular weight excluding hydrogens is 166 g/mol. The minimum Gasteiger partial charge on any atom is -0.395 e. The zero-order valence-electron chi connectivity index (χ0n) is 8.17. The van der Waals surface area contributed by atoms with Crippen LogP contribution >= 0.6 is 0 Å². The molecule has 74 valence electrons. The summed E-state index contributed by atoms with van der Waals surface area (Å²) < 4.78 is 0. The zero-order chi connectivity index (χ0) is 10.3. The van der Waals surface area contributed by atoms with E-state index >= 15 is 0 Å². The van der Waals surface area contributed by atoms with Gasteiger partial charge >= 0.3 is 0 Å². The second-order valence-electron chi connectivity index (χ2n) is 2.80. The molecule has 0 aromatic heterocycles. The Kier molecular flexibility index (Phi) is 5.63. The van der Waals surface area contributed by atoms with Crippen molar-refractivity contribution in [2.45, 2.75) is 13.8 Å². The second kappa shape index (κ2) is 6.25. The SMILES string of the molecule is C=C(/C=C(\N)N=C(C)C)NCCO. The number of aliphatic hydroxyl groups excluding tert-OH is 1. The number of aliphatic hydroxyl groups is 1. The topological polar surface area (TPSA) is 70.6 Å². The number of nitrogens with one attached hydrogen (secondary N) is 1. The Morgan fingerprint density at radius 1 is 1.62 bits per heavy atom. The molecule has 0 aromatic carbocycles. The van der Waals surface area contributed by atoms with Crippen molar-refractivity contribution < 1.29 is 5.11 Å². The highest BCUT2D eigenvalue weighted by Gasteiger charge is 1.90. The van der Waals surface area contributed by atoms with Crippen LogP contribution in [0.5, 0.6) is 0 Å². The Hall–Kier alpha value is -1.29. The first-order valence-electron chi connectivity index (χ1n) is 4.09. The fourth-order valence-corrected chi connectivity index (χ4v) is 0.736. The predicted molar refractivity (Wildman–Crippen MR) is 55.3 cm³/mol. The van der Waals surface area contributed by atoms with Crippen LogP contribution in [0.3, 0.4) is 0 Å². The molecule has 0 aliphatic heterocycles. The van der Waals surface area contributed by atoms with Crippen molar-refractivity contribution in [3.8, 4) is 0 Å². The van der Waals surface area contributed by atoms with Gasteiger partial charge in [-0.05, 0) is 13.8 Å². The highest BCUT2D eigenvalue weighted by molar-refractivity contribution is 5.80. The van der Waals surface area contributed by atoms with Crippen molar-refractivity contribution in [1.29, 1.82) is 0 Å². The van der Waals surface area contributed by atoms with Crippen molar-refractivity contribution in [1.82, 2.24) is 5.32 Å². The van der Waals surface area contributed by atoms with E-state index in [1.165, 1.54) is 0 Å². The average molecular weight is 183 g/mol. The maximum Gasteiger partial charge on any atom is 0.125 e. The van der Waals surface area contributed by atoms with Crippen LogP contribution in [0, 0.1) is 0 Å². The number of allylic oxidation sites excluding steroid dienone is 1. The summed E-state index contributed by atoms with van der Waals surface area (Å²) in [4.78, 5) is 4.02. The lowest BCUT2D eigenvalue weighted by molar-refractivity contribution is 0.297. The maximum absolute atomic E-state index is 8.51. The van der Waals surface area contributed by atoms with Crippen LogP contribution in [0.2, 0.25) is 0 Å². The summed E-state index contributed by atoms with van der Waals surface area (Å²) in [6, 6.07) is 0. The fraction of sp³-hybridized carbons (Fsp3) is 0.444. The van der Waals surface area contributed by atoms with E-state index in [4.69, 9.17) is 10.8 Å². The van der Waals surface area contributed by atoms with Crippen LogP contribution in [0.4, 0.5) is 0 Å². The Bertz CT molecular complexity index is 227. The third-order valence-corrected chi connectivity index (χ3v) is 1.14. The molecular formula is C9H17N3O. The van der Waals surface area contributed by atoms with E-state index in [9.17, 15) is 0 Å². The minimum absolute atomic E-state index is 0.0723. The molecule has 0 saturated carbocycles. The van der Waals surface area contributed by atoms with Gasteiger partial charge in [0.1, 0.15) is 5.82 Å². The van der Waals surface area contributed by atoms with Gasteiger partial charge in [0.15, 0.2) is 0 Å². The van der Waals surface area contributed by atoms with Gasteiger partial charge in [-0.1, -0.05) is 6.58 Å². The van der Waals surface area contributed by atoms with Crippen molar-refractivity contribution in [2.24, 2.45) is 10.7 Å². The van der Waals surface area contributed by atoms with Gasteiger partial charge in [-0.15, -0.1) is 0 Å². The number of hydrogen-bond donors (Lipinski definition) is 3. The molecule has 0 heterocycles. The highest BCUT2D eigenvalue weighted by Crippen LogP contribution is 1.94. The summed E-state index contributed by atoms with van der Waals surface area (Å²) in [5, 5.41) is 11.4. The van der Waals surface area contributed by atoms with Crippen LogP contribution in [0.1, 0.15) is 13.8 Å². The number of hydrogen-bond acceptors (Lipinski definition) is 4. The number of nitrogens with two attached hydrogens (primary N) is 1. The largest absolute Gasteiger partial charge is 0.395 e. The summed E-state index contributed by atoms with van der Waals surface area (Å²) in [6.45, 7) is 7.96. The molecule has 0 rings (SSSR count). The van der Waals surface area contributed by atoms with E-state index in [1.54, 1.807) is 6.08 Å². The average Bonchev–Trinajstić information content (AvgIpc) is 1.98. The lowest BCUT2D eigenvalue weighted by atomic mass is 10.4. The van der Waals surface area contributed by atoms with Gasteiger partial charge in [0.05, 0.1) is 6.61 Å². The van der Waals surface area contributed by atoms with Crippen molar-refractivity contribution in [3.05, 3.63) is 24.2 Å². The molecule has 0 unspecified atom stereocenters. The molecule has 0 bridgehead atoms. The van der Waals surface area contributed by atoms with Gasteiger partial charge in [-0.3, -0.25) is 0 Å². The first-order valence-corrected chi connectivity index (χ1v) is 4.09. The van der Waals surface area contributed by atoms with Crippen LogP contribution in [-0.2, 0) is 0 Å². The number of nitrogens with zero attached hydrogens (tertiary/aromatic N) is 1. The van der Waals surface area contributed by atoms with E-state index in [2.05, 4.69) is 16.9 Å². The first kappa shape index (κ1) is 11.7. The maximum atomic E-state index is 8.51. The Morgan fingerprint density at radius 2 is 2.23 bits per heavy atom. The second-order valence-corrected chi connectivity index (χ2v) is 2.80. The predicted octanol–water partition coefficient (Wildman–Crippen LogP) is 0.363. The third-order valence-electron chi connectivity index (χ3n) is 1.14. The standard InChI is InChI=1S/C9H17N3O/c1-7(2)12-9(10)6-8(3)11-4-5-13/h6,11,13H,3-5,10H2,1-2H3/b9-6+. The van der Waals surface area contributed by atoms with E-state index in [0.29, 0.717) is 18.1 Å².